The van der Waals surface area contributed by atoms with Crippen molar-refractivity contribution >= 4 is 5.78 Å². The Balaban J connectivity index is 0. The number of likely N-dealkylation sites (N-methyl/N-ethyl adjacent to an activating group) is 1. The van der Waals surface area contributed by atoms with Crippen LogP contribution in [0.2, 0.25) is 0 Å². The molecule has 0 aromatic carbocycles. The minimum atomic E-state index is 0.0848. The van der Waals surface area contributed by atoms with E-state index in [1.165, 1.54) is 12.8 Å². The van der Waals surface area contributed by atoms with Crippen LogP contribution in [-0.4, -0.2) is 18.9 Å². The summed E-state index contributed by atoms with van der Waals surface area (Å²) in [6, 6.07) is 0.0848. The van der Waals surface area contributed by atoms with Crippen LogP contribution in [0.25, 0.3) is 0 Å². The Morgan fingerprint density at radius 1 is 1.31 bits per heavy atom. The van der Waals surface area contributed by atoms with Gasteiger partial charge in [-0.25, -0.2) is 0 Å². The van der Waals surface area contributed by atoms with E-state index in [2.05, 4.69) is 12.2 Å². The van der Waals surface area contributed by atoms with Crippen LogP contribution in [-0.2, 0) is 4.79 Å². The normalized spacial score (nSPS) is 11.5. The average molecular weight is 187 g/mol. The van der Waals surface area contributed by atoms with Crippen molar-refractivity contribution in [2.75, 3.05) is 7.05 Å². The maximum atomic E-state index is 10.9. The molecule has 1 N–H and O–H groups in total. The number of hydrogen-bond acceptors (Lipinski definition) is 2. The van der Waals surface area contributed by atoms with E-state index >= 15 is 0 Å². The van der Waals surface area contributed by atoms with E-state index < -0.39 is 0 Å². The molecule has 0 aliphatic heterocycles. The molecule has 2 nitrogen and oxygen atoms in total. The van der Waals surface area contributed by atoms with Crippen LogP contribution in [0.4, 0.5) is 0 Å². The smallest absolute Gasteiger partial charge is 0.146 e. The third-order valence-electron chi connectivity index (χ3n) is 1.94. The van der Waals surface area contributed by atoms with E-state index in [0.29, 0.717) is 0 Å². The molecule has 1 unspecified atom stereocenters. The van der Waals surface area contributed by atoms with Crippen LogP contribution in [0, 0.1) is 0 Å². The van der Waals surface area contributed by atoms with E-state index in [0.717, 1.165) is 12.8 Å². The van der Waals surface area contributed by atoms with Gasteiger partial charge in [-0.3, -0.25) is 4.79 Å². The highest BCUT2D eigenvalue weighted by Crippen LogP contribution is 2.03. The predicted octanol–water partition coefficient (Wildman–Crippen LogP) is 2.77. The van der Waals surface area contributed by atoms with Crippen LogP contribution in [0.3, 0.4) is 0 Å². The first-order valence-electron chi connectivity index (χ1n) is 5.40. The summed E-state index contributed by atoms with van der Waals surface area (Å²) in [4.78, 5) is 10.9. The summed E-state index contributed by atoms with van der Waals surface area (Å²) in [5.74, 6) is 0.253. The Morgan fingerprint density at radius 2 is 1.85 bits per heavy atom. The van der Waals surface area contributed by atoms with Crippen molar-refractivity contribution in [3.63, 3.8) is 0 Å². The highest BCUT2D eigenvalue weighted by molar-refractivity contribution is 5.81. The van der Waals surface area contributed by atoms with Gasteiger partial charge in [-0.05, 0) is 20.4 Å². The SMILES string of the molecule is CC.CCCCCC(NC)C(C)=O. The van der Waals surface area contributed by atoms with Crippen molar-refractivity contribution in [2.24, 2.45) is 0 Å². The second-order valence-electron chi connectivity index (χ2n) is 2.95. The molecule has 0 aromatic heterocycles. The molecule has 0 saturated carbocycles. The van der Waals surface area contributed by atoms with Crippen LogP contribution in [0.5, 0.6) is 0 Å². The van der Waals surface area contributed by atoms with Crippen LogP contribution in [0.15, 0.2) is 0 Å². The van der Waals surface area contributed by atoms with Gasteiger partial charge in [-0.2, -0.15) is 0 Å². The van der Waals surface area contributed by atoms with Gasteiger partial charge in [-0.1, -0.05) is 40.0 Å². The third kappa shape index (κ3) is 9.54. The number of Topliss-reactive ketones (excluding diaryl/α,β-unsaturated/α-hetero) is 1. The van der Waals surface area contributed by atoms with Gasteiger partial charge in [0, 0.05) is 0 Å². The molecule has 0 heterocycles. The molecule has 0 saturated heterocycles. The van der Waals surface area contributed by atoms with Gasteiger partial charge in [0.15, 0.2) is 0 Å². The summed E-state index contributed by atoms with van der Waals surface area (Å²) >= 11 is 0. The minimum Gasteiger partial charge on any atom is -0.311 e. The van der Waals surface area contributed by atoms with E-state index in [1.807, 2.05) is 20.9 Å². The third-order valence-corrected chi connectivity index (χ3v) is 1.94. The van der Waals surface area contributed by atoms with Crippen molar-refractivity contribution in [1.82, 2.24) is 5.32 Å². The van der Waals surface area contributed by atoms with E-state index in [1.54, 1.807) is 6.92 Å². The zero-order valence-corrected chi connectivity index (χ0v) is 9.81. The summed E-state index contributed by atoms with van der Waals surface area (Å²) in [5.41, 5.74) is 0. The lowest BCUT2D eigenvalue weighted by Crippen LogP contribution is -2.31. The van der Waals surface area contributed by atoms with Crippen molar-refractivity contribution in [3.8, 4) is 0 Å². The Labute approximate surface area is 83.1 Å². The fraction of sp³-hybridized carbons (Fsp3) is 0.909. The Kier molecular flexibility index (Phi) is 13.5. The van der Waals surface area contributed by atoms with Crippen LogP contribution < -0.4 is 5.32 Å². The molecule has 1 atom stereocenters. The molecule has 0 fully saturated rings. The topological polar surface area (TPSA) is 29.1 Å². The monoisotopic (exact) mass is 187 g/mol. The van der Waals surface area contributed by atoms with Gasteiger partial charge in [0.25, 0.3) is 0 Å². The zero-order chi connectivity index (χ0) is 10.7. The molecule has 0 spiro atoms. The van der Waals surface area contributed by atoms with Crippen molar-refractivity contribution in [3.05, 3.63) is 0 Å². The molecule has 0 rings (SSSR count). The lowest BCUT2D eigenvalue weighted by molar-refractivity contribution is -0.119. The van der Waals surface area contributed by atoms with E-state index in [-0.39, 0.29) is 11.8 Å². The second kappa shape index (κ2) is 11.6. The fourth-order valence-corrected chi connectivity index (χ4v) is 1.15. The lowest BCUT2D eigenvalue weighted by atomic mass is 10.1. The quantitative estimate of drug-likeness (QED) is 0.648. The highest BCUT2D eigenvalue weighted by atomic mass is 16.1. The van der Waals surface area contributed by atoms with Crippen molar-refractivity contribution in [2.45, 2.75) is 59.4 Å². The molecular formula is C11H25NO. The molecular weight excluding hydrogens is 162 g/mol. The van der Waals surface area contributed by atoms with Gasteiger partial charge in [0.1, 0.15) is 5.78 Å². The molecule has 0 aliphatic rings. The number of nitrogens with one attached hydrogen (secondary N) is 1. The summed E-state index contributed by atoms with van der Waals surface area (Å²) < 4.78 is 0. The number of carbonyl (C=O) groups excluding carboxylic acids is 1. The molecule has 0 aromatic rings. The minimum absolute atomic E-state index is 0.0848. The standard InChI is InChI=1S/C9H19NO.C2H6/c1-4-5-6-7-9(10-3)8(2)11;1-2/h9-10H,4-7H2,1-3H3;1-2H3. The predicted molar refractivity (Wildman–Crippen MR) is 59.0 cm³/mol. The summed E-state index contributed by atoms with van der Waals surface area (Å²) in [7, 11) is 1.85. The fourth-order valence-electron chi connectivity index (χ4n) is 1.15. The first kappa shape index (κ1) is 15.1. The van der Waals surface area contributed by atoms with Crippen LogP contribution in [0.1, 0.15) is 53.4 Å². The molecule has 13 heavy (non-hydrogen) atoms. The van der Waals surface area contributed by atoms with Gasteiger partial charge in [-0.15, -0.1) is 0 Å². The molecule has 0 aliphatic carbocycles. The highest BCUT2D eigenvalue weighted by Gasteiger charge is 2.09. The Morgan fingerprint density at radius 3 is 2.15 bits per heavy atom. The first-order chi connectivity index (χ1) is 6.22. The van der Waals surface area contributed by atoms with E-state index in [4.69, 9.17) is 0 Å². The van der Waals surface area contributed by atoms with Crippen LogP contribution >= 0.6 is 0 Å². The number of rotatable bonds is 6. The summed E-state index contributed by atoms with van der Waals surface area (Å²) in [6.07, 6.45) is 4.58. The number of hydrogen-bond donors (Lipinski definition) is 1. The first-order valence-corrected chi connectivity index (χ1v) is 5.40. The molecule has 0 bridgehead atoms. The summed E-state index contributed by atoms with van der Waals surface area (Å²) in [5, 5.41) is 3.01. The molecule has 0 amide bonds. The second-order valence-corrected chi connectivity index (χ2v) is 2.95. The molecule has 80 valence electrons. The average Bonchev–Trinajstić information content (AvgIpc) is 2.15. The number of carbonyl (C=O) groups is 1. The van der Waals surface area contributed by atoms with Crippen molar-refractivity contribution < 1.29 is 4.79 Å². The lowest BCUT2D eigenvalue weighted by Gasteiger charge is -2.11. The molecule has 0 radical (unpaired) electrons. The number of ketones is 1. The molecule has 2 heteroatoms. The zero-order valence-electron chi connectivity index (χ0n) is 9.81. The number of unbranched alkanes of at least 4 members (excludes halogenated alkanes) is 2. The van der Waals surface area contributed by atoms with Gasteiger partial charge in [0.05, 0.1) is 6.04 Å². The van der Waals surface area contributed by atoms with Crippen molar-refractivity contribution in [1.29, 1.82) is 0 Å². The largest absolute Gasteiger partial charge is 0.311 e. The Bertz CT molecular complexity index is 113. The maximum absolute atomic E-state index is 10.9. The Hall–Kier alpha value is -0.370. The maximum Gasteiger partial charge on any atom is 0.146 e. The van der Waals surface area contributed by atoms with Gasteiger partial charge in [0.2, 0.25) is 0 Å². The van der Waals surface area contributed by atoms with E-state index in [9.17, 15) is 4.79 Å². The summed E-state index contributed by atoms with van der Waals surface area (Å²) in [6.45, 7) is 7.81. The van der Waals surface area contributed by atoms with Gasteiger partial charge >= 0.3 is 0 Å². The van der Waals surface area contributed by atoms with Gasteiger partial charge < -0.3 is 5.32 Å².